The molecule has 1 aliphatic rings. The van der Waals surface area contributed by atoms with Gasteiger partial charge in [0.1, 0.15) is 0 Å². The minimum atomic E-state index is 0.926. The first kappa shape index (κ1) is 9.06. The summed E-state index contributed by atoms with van der Waals surface area (Å²) in [4.78, 5) is 2.37. The van der Waals surface area contributed by atoms with E-state index in [1.165, 1.54) is 24.7 Å². The van der Waals surface area contributed by atoms with Crippen LogP contribution >= 0.6 is 0 Å². The molecule has 0 aliphatic carbocycles. The van der Waals surface area contributed by atoms with Crippen LogP contribution in [0.4, 0.5) is 5.69 Å². The van der Waals surface area contributed by atoms with Crippen LogP contribution in [0.25, 0.3) is 0 Å². The summed E-state index contributed by atoms with van der Waals surface area (Å²) in [7, 11) is 0. The van der Waals surface area contributed by atoms with Crippen molar-refractivity contribution in [3.8, 4) is 0 Å². The number of nitrogens with zero attached hydrogens (tertiary/aromatic N) is 2. The Labute approximate surface area is 83.7 Å². The van der Waals surface area contributed by atoms with Gasteiger partial charge in [0.15, 0.2) is 0 Å². The van der Waals surface area contributed by atoms with Crippen molar-refractivity contribution < 1.29 is 5.21 Å². The molecule has 3 heteroatoms. The third kappa shape index (κ3) is 1.87. The van der Waals surface area contributed by atoms with E-state index in [1.807, 2.05) is 12.1 Å². The average molecular weight is 190 g/mol. The lowest BCUT2D eigenvalue weighted by molar-refractivity contribution is 0.322. The first-order valence-corrected chi connectivity index (χ1v) is 4.92. The summed E-state index contributed by atoms with van der Waals surface area (Å²) in [5.74, 6) is 0. The molecule has 1 N–H and O–H groups in total. The van der Waals surface area contributed by atoms with E-state index in [9.17, 15) is 0 Å². The lowest BCUT2D eigenvalue weighted by Crippen LogP contribution is -2.17. The van der Waals surface area contributed by atoms with Gasteiger partial charge in [-0.2, -0.15) is 0 Å². The minimum absolute atomic E-state index is 0.926. The van der Waals surface area contributed by atoms with E-state index >= 15 is 0 Å². The summed E-state index contributed by atoms with van der Waals surface area (Å²) in [6.45, 7) is 2.32. The van der Waals surface area contributed by atoms with E-state index in [0.717, 1.165) is 18.7 Å². The first-order valence-electron chi connectivity index (χ1n) is 4.92. The zero-order valence-corrected chi connectivity index (χ0v) is 8.06. The van der Waals surface area contributed by atoms with Crippen molar-refractivity contribution in [3.63, 3.8) is 0 Å². The lowest BCUT2D eigenvalue weighted by atomic mass is 10.2. The van der Waals surface area contributed by atoms with Gasteiger partial charge < -0.3 is 10.1 Å². The molecule has 0 saturated carbocycles. The van der Waals surface area contributed by atoms with Crippen molar-refractivity contribution in [2.75, 3.05) is 18.0 Å². The Bertz CT molecular complexity index is 313. The highest BCUT2D eigenvalue weighted by Crippen LogP contribution is 2.19. The van der Waals surface area contributed by atoms with Crippen LogP contribution in [0.1, 0.15) is 18.4 Å². The molecule has 0 spiro atoms. The summed E-state index contributed by atoms with van der Waals surface area (Å²) in [5.41, 5.74) is 2.19. The highest BCUT2D eigenvalue weighted by molar-refractivity contribution is 5.79. The van der Waals surface area contributed by atoms with Crippen LogP contribution < -0.4 is 4.90 Å². The molecule has 74 valence electrons. The predicted molar refractivity (Wildman–Crippen MR) is 57.3 cm³/mol. The Morgan fingerprint density at radius 2 is 1.79 bits per heavy atom. The van der Waals surface area contributed by atoms with Gasteiger partial charge in [-0.25, -0.2) is 0 Å². The fraction of sp³-hybridized carbons (Fsp3) is 0.364. The second kappa shape index (κ2) is 4.13. The molecular formula is C11H14N2O. The molecule has 0 unspecified atom stereocenters. The maximum Gasteiger partial charge on any atom is 0.0733 e. The second-order valence-corrected chi connectivity index (χ2v) is 3.53. The molecular weight excluding hydrogens is 176 g/mol. The second-order valence-electron chi connectivity index (χ2n) is 3.53. The number of hydrogen-bond acceptors (Lipinski definition) is 3. The summed E-state index contributed by atoms with van der Waals surface area (Å²) < 4.78 is 0. The summed E-state index contributed by atoms with van der Waals surface area (Å²) >= 11 is 0. The molecule has 1 aromatic carbocycles. The molecule has 1 fully saturated rings. The largest absolute Gasteiger partial charge is 0.411 e. The highest BCUT2D eigenvalue weighted by atomic mass is 16.4. The van der Waals surface area contributed by atoms with Gasteiger partial charge in [-0.15, -0.1) is 0 Å². The quantitative estimate of drug-likeness (QED) is 0.440. The van der Waals surface area contributed by atoms with E-state index in [2.05, 4.69) is 22.2 Å². The Hall–Kier alpha value is -1.51. The highest BCUT2D eigenvalue weighted by Gasteiger charge is 2.11. The van der Waals surface area contributed by atoms with Crippen LogP contribution in [0.3, 0.4) is 0 Å². The molecule has 1 heterocycles. The Morgan fingerprint density at radius 1 is 1.14 bits per heavy atom. The van der Waals surface area contributed by atoms with Crippen LogP contribution in [0.15, 0.2) is 29.4 Å². The molecule has 0 atom stereocenters. The first-order chi connectivity index (χ1) is 6.90. The van der Waals surface area contributed by atoms with E-state index < -0.39 is 0 Å². The van der Waals surface area contributed by atoms with Crippen LogP contribution in [0.2, 0.25) is 0 Å². The topological polar surface area (TPSA) is 35.8 Å². The average Bonchev–Trinajstić information content (AvgIpc) is 2.72. The number of rotatable bonds is 2. The van der Waals surface area contributed by atoms with E-state index in [1.54, 1.807) is 0 Å². The van der Waals surface area contributed by atoms with Gasteiger partial charge in [0, 0.05) is 18.8 Å². The van der Waals surface area contributed by atoms with E-state index in [-0.39, 0.29) is 0 Å². The lowest BCUT2D eigenvalue weighted by Gasteiger charge is -2.17. The SMILES string of the molecule is ON=Cc1ccc(N2CCCC2)cc1. The molecule has 0 aromatic heterocycles. The Balaban J connectivity index is 2.12. The van der Waals surface area contributed by atoms with Crippen LogP contribution in [-0.2, 0) is 0 Å². The maximum absolute atomic E-state index is 8.36. The van der Waals surface area contributed by atoms with Crippen LogP contribution in [0.5, 0.6) is 0 Å². The molecule has 2 rings (SSSR count). The van der Waals surface area contributed by atoms with Crippen molar-refractivity contribution in [2.45, 2.75) is 12.8 Å². The van der Waals surface area contributed by atoms with Crippen molar-refractivity contribution in [3.05, 3.63) is 29.8 Å². The maximum atomic E-state index is 8.36. The Kier molecular flexibility index (Phi) is 2.68. The van der Waals surface area contributed by atoms with Crippen molar-refractivity contribution >= 4 is 11.9 Å². The minimum Gasteiger partial charge on any atom is -0.411 e. The number of hydrogen-bond donors (Lipinski definition) is 1. The number of benzene rings is 1. The van der Waals surface area contributed by atoms with Crippen LogP contribution in [-0.4, -0.2) is 24.5 Å². The number of oxime groups is 1. The van der Waals surface area contributed by atoms with Crippen molar-refractivity contribution in [1.82, 2.24) is 0 Å². The van der Waals surface area contributed by atoms with E-state index in [4.69, 9.17) is 5.21 Å². The van der Waals surface area contributed by atoms with Gasteiger partial charge in [-0.1, -0.05) is 17.3 Å². The fourth-order valence-corrected chi connectivity index (χ4v) is 1.81. The monoisotopic (exact) mass is 190 g/mol. The third-order valence-corrected chi connectivity index (χ3v) is 2.57. The number of anilines is 1. The molecule has 1 aromatic rings. The van der Waals surface area contributed by atoms with E-state index in [0.29, 0.717) is 0 Å². The summed E-state index contributed by atoms with van der Waals surface area (Å²) in [6, 6.07) is 8.07. The molecule has 14 heavy (non-hydrogen) atoms. The molecule has 3 nitrogen and oxygen atoms in total. The molecule has 0 radical (unpaired) electrons. The Morgan fingerprint density at radius 3 is 2.36 bits per heavy atom. The van der Waals surface area contributed by atoms with Gasteiger partial charge in [0.05, 0.1) is 6.21 Å². The molecule has 0 amide bonds. The standard InChI is InChI=1S/C11H14N2O/c14-12-9-10-3-5-11(6-4-10)13-7-1-2-8-13/h3-6,9,14H,1-2,7-8H2. The zero-order chi connectivity index (χ0) is 9.80. The zero-order valence-electron chi connectivity index (χ0n) is 8.06. The summed E-state index contributed by atoms with van der Waals surface area (Å²) in [5, 5.41) is 11.4. The van der Waals surface area contributed by atoms with Gasteiger partial charge >= 0.3 is 0 Å². The molecule has 1 aliphatic heterocycles. The van der Waals surface area contributed by atoms with Gasteiger partial charge in [0.2, 0.25) is 0 Å². The third-order valence-electron chi connectivity index (χ3n) is 2.57. The van der Waals surface area contributed by atoms with Gasteiger partial charge in [-0.05, 0) is 30.5 Å². The van der Waals surface area contributed by atoms with Crippen molar-refractivity contribution in [2.24, 2.45) is 5.16 Å². The smallest absolute Gasteiger partial charge is 0.0733 e. The predicted octanol–water partition coefficient (Wildman–Crippen LogP) is 2.09. The van der Waals surface area contributed by atoms with Crippen molar-refractivity contribution in [1.29, 1.82) is 0 Å². The molecule has 0 bridgehead atoms. The van der Waals surface area contributed by atoms with Gasteiger partial charge in [-0.3, -0.25) is 0 Å². The molecule has 1 saturated heterocycles. The normalized spacial score (nSPS) is 16.7. The van der Waals surface area contributed by atoms with Gasteiger partial charge in [0.25, 0.3) is 0 Å². The fourth-order valence-electron chi connectivity index (χ4n) is 1.81. The van der Waals surface area contributed by atoms with Crippen LogP contribution in [0, 0.1) is 0 Å². The summed E-state index contributed by atoms with van der Waals surface area (Å²) in [6.07, 6.45) is 4.02.